The van der Waals surface area contributed by atoms with E-state index in [9.17, 15) is 13.2 Å². The number of thiazole rings is 1. The summed E-state index contributed by atoms with van der Waals surface area (Å²) in [7, 11) is -3.58. The van der Waals surface area contributed by atoms with Gasteiger partial charge in [0.2, 0.25) is 10.0 Å². The highest BCUT2D eigenvalue weighted by molar-refractivity contribution is 7.89. The van der Waals surface area contributed by atoms with Crippen LogP contribution in [0.5, 0.6) is 0 Å². The number of hydrogen-bond acceptors (Lipinski definition) is 7. The number of aromatic nitrogens is 3. The van der Waals surface area contributed by atoms with Gasteiger partial charge in [-0.1, -0.05) is 24.3 Å². The lowest BCUT2D eigenvalue weighted by atomic mass is 10.2. The predicted molar refractivity (Wildman–Crippen MR) is 142 cm³/mol. The van der Waals surface area contributed by atoms with E-state index in [0.29, 0.717) is 36.2 Å². The SMILES string of the molecule is O=C(Nc1nc(C=CC2CN(S(=O)(=O)c3ccccc3)CCO2)cs1)c1cccn1Cc1ccncc1. The zero-order valence-corrected chi connectivity index (χ0v) is 21.4. The smallest absolute Gasteiger partial charge is 0.274 e. The lowest BCUT2D eigenvalue weighted by molar-refractivity contribution is 0.0273. The Bertz CT molecular complexity index is 1480. The minimum atomic E-state index is -3.58. The predicted octanol–water partition coefficient (Wildman–Crippen LogP) is 3.74. The molecule has 0 spiro atoms. The molecule has 1 saturated heterocycles. The Balaban J connectivity index is 1.20. The summed E-state index contributed by atoms with van der Waals surface area (Å²) in [6.07, 6.45) is 8.48. The zero-order chi connectivity index (χ0) is 25.7. The van der Waals surface area contributed by atoms with Crippen LogP contribution >= 0.6 is 11.3 Å². The fraction of sp³-hybridized carbons (Fsp3) is 0.192. The lowest BCUT2D eigenvalue weighted by Gasteiger charge is -2.30. The van der Waals surface area contributed by atoms with Crippen molar-refractivity contribution in [2.45, 2.75) is 17.5 Å². The summed E-state index contributed by atoms with van der Waals surface area (Å²) in [6, 6.07) is 15.8. The molecule has 0 bridgehead atoms. The van der Waals surface area contributed by atoms with Crippen LogP contribution in [-0.4, -0.2) is 59.0 Å². The average Bonchev–Trinajstić information content (AvgIpc) is 3.58. The second-order valence-corrected chi connectivity index (χ2v) is 11.1. The van der Waals surface area contributed by atoms with E-state index in [2.05, 4.69) is 15.3 Å². The van der Waals surface area contributed by atoms with E-state index in [1.807, 2.05) is 34.3 Å². The number of hydrogen-bond donors (Lipinski definition) is 1. The first kappa shape index (κ1) is 25.0. The number of carbonyl (C=O) groups excluding carboxylic acids is 1. The molecule has 9 nitrogen and oxygen atoms in total. The first-order valence-corrected chi connectivity index (χ1v) is 14.0. The Morgan fingerprint density at radius 1 is 1.14 bits per heavy atom. The highest BCUT2D eigenvalue weighted by Crippen LogP contribution is 2.21. The van der Waals surface area contributed by atoms with Crippen LogP contribution in [0.25, 0.3) is 6.08 Å². The average molecular weight is 536 g/mol. The topological polar surface area (TPSA) is 106 Å². The molecule has 190 valence electrons. The fourth-order valence-corrected chi connectivity index (χ4v) is 6.09. The molecular formula is C26H25N5O4S2. The second kappa shape index (κ2) is 11.2. The maximum Gasteiger partial charge on any atom is 0.274 e. The van der Waals surface area contributed by atoms with Gasteiger partial charge in [0.25, 0.3) is 5.91 Å². The lowest BCUT2D eigenvalue weighted by Crippen LogP contribution is -2.44. The number of pyridine rings is 1. The quantitative estimate of drug-likeness (QED) is 0.368. The maximum atomic E-state index is 12.9. The van der Waals surface area contributed by atoms with Gasteiger partial charge in [-0.2, -0.15) is 4.31 Å². The normalized spacial score (nSPS) is 16.7. The molecule has 37 heavy (non-hydrogen) atoms. The molecule has 11 heteroatoms. The molecule has 0 radical (unpaired) electrons. The van der Waals surface area contributed by atoms with E-state index in [0.717, 1.165) is 5.56 Å². The Morgan fingerprint density at radius 3 is 2.76 bits per heavy atom. The van der Waals surface area contributed by atoms with Gasteiger partial charge in [-0.05, 0) is 48.0 Å². The summed E-state index contributed by atoms with van der Waals surface area (Å²) >= 11 is 1.31. The van der Waals surface area contributed by atoms with Crippen LogP contribution in [-0.2, 0) is 21.3 Å². The molecule has 1 unspecified atom stereocenters. The molecule has 4 aromatic rings. The van der Waals surface area contributed by atoms with Crippen molar-refractivity contribution in [1.82, 2.24) is 18.8 Å². The molecule has 0 aliphatic carbocycles. The van der Waals surface area contributed by atoms with Crippen molar-refractivity contribution in [2.24, 2.45) is 0 Å². The Kier molecular flexibility index (Phi) is 7.56. The fourth-order valence-electron chi connectivity index (χ4n) is 3.96. The molecule has 1 N–H and O–H groups in total. The number of carbonyl (C=O) groups is 1. The van der Waals surface area contributed by atoms with Gasteiger partial charge in [-0.3, -0.25) is 15.1 Å². The Hall–Kier alpha value is -3.64. The van der Waals surface area contributed by atoms with Gasteiger partial charge in [0.05, 0.1) is 23.3 Å². The van der Waals surface area contributed by atoms with E-state index >= 15 is 0 Å². The minimum Gasteiger partial charge on any atom is -0.371 e. The van der Waals surface area contributed by atoms with Crippen molar-refractivity contribution in [3.63, 3.8) is 0 Å². The number of amides is 1. The number of nitrogens with one attached hydrogen (secondary N) is 1. The molecule has 1 aliphatic rings. The van der Waals surface area contributed by atoms with Gasteiger partial charge in [0, 0.05) is 43.6 Å². The van der Waals surface area contributed by atoms with Crippen molar-refractivity contribution in [1.29, 1.82) is 0 Å². The summed E-state index contributed by atoms with van der Waals surface area (Å²) in [5, 5.41) is 5.15. The van der Waals surface area contributed by atoms with Gasteiger partial charge < -0.3 is 9.30 Å². The van der Waals surface area contributed by atoms with Crippen LogP contribution in [0.4, 0.5) is 5.13 Å². The number of rotatable bonds is 8. The maximum absolute atomic E-state index is 12.9. The molecule has 0 saturated carbocycles. The van der Waals surface area contributed by atoms with Crippen LogP contribution in [0.3, 0.4) is 0 Å². The molecule has 1 aromatic carbocycles. The Labute approximate surface area is 219 Å². The first-order chi connectivity index (χ1) is 18.0. The molecule has 1 aliphatic heterocycles. The molecule has 1 fully saturated rings. The number of anilines is 1. The number of sulfonamides is 1. The van der Waals surface area contributed by atoms with Crippen LogP contribution in [0.1, 0.15) is 21.7 Å². The van der Waals surface area contributed by atoms with Gasteiger partial charge >= 0.3 is 0 Å². The third kappa shape index (κ3) is 6.03. The van der Waals surface area contributed by atoms with Gasteiger partial charge in [-0.15, -0.1) is 11.3 Å². The molecule has 4 heterocycles. The third-order valence-electron chi connectivity index (χ3n) is 5.83. The molecule has 1 amide bonds. The van der Waals surface area contributed by atoms with Gasteiger partial charge in [0.15, 0.2) is 5.13 Å². The van der Waals surface area contributed by atoms with Gasteiger partial charge in [0.1, 0.15) is 5.69 Å². The van der Waals surface area contributed by atoms with Crippen LogP contribution in [0.15, 0.2) is 89.5 Å². The summed E-state index contributed by atoms with van der Waals surface area (Å²) in [5.74, 6) is -0.249. The first-order valence-electron chi connectivity index (χ1n) is 11.6. The van der Waals surface area contributed by atoms with Crippen molar-refractivity contribution < 1.29 is 17.9 Å². The van der Waals surface area contributed by atoms with Crippen molar-refractivity contribution >= 4 is 38.5 Å². The standard InChI is InChI=1S/C26H25N5O4S2/c32-25(24-7-4-14-30(24)17-20-10-12-27-13-11-20)29-26-28-21(19-36-26)8-9-22-18-31(15-16-35-22)37(33,34)23-5-2-1-3-6-23/h1-14,19,22H,15-18H2,(H,28,29,32). The molecular weight excluding hydrogens is 510 g/mol. The van der Waals surface area contributed by atoms with Crippen molar-refractivity contribution in [3.05, 3.63) is 102 Å². The summed E-state index contributed by atoms with van der Waals surface area (Å²) in [5.41, 5.74) is 2.22. The molecule has 3 aromatic heterocycles. The number of nitrogens with zero attached hydrogens (tertiary/aromatic N) is 4. The van der Waals surface area contributed by atoms with Crippen LogP contribution in [0, 0.1) is 0 Å². The van der Waals surface area contributed by atoms with Crippen molar-refractivity contribution in [3.8, 4) is 0 Å². The third-order valence-corrected chi connectivity index (χ3v) is 8.48. The zero-order valence-electron chi connectivity index (χ0n) is 19.8. The van der Waals surface area contributed by atoms with Crippen molar-refractivity contribution in [2.75, 3.05) is 25.0 Å². The second-order valence-electron chi connectivity index (χ2n) is 8.35. The number of morpholine rings is 1. The highest BCUT2D eigenvalue weighted by atomic mass is 32.2. The van der Waals surface area contributed by atoms with E-state index in [4.69, 9.17) is 4.74 Å². The molecule has 5 rings (SSSR count). The van der Waals surface area contributed by atoms with E-state index in [-0.39, 0.29) is 17.3 Å². The largest absolute Gasteiger partial charge is 0.371 e. The summed E-state index contributed by atoms with van der Waals surface area (Å²) in [6.45, 7) is 1.38. The summed E-state index contributed by atoms with van der Waals surface area (Å²) < 4.78 is 34.9. The summed E-state index contributed by atoms with van der Waals surface area (Å²) in [4.78, 5) is 21.6. The van der Waals surface area contributed by atoms with E-state index in [1.165, 1.54) is 15.6 Å². The van der Waals surface area contributed by atoms with Gasteiger partial charge in [-0.25, -0.2) is 13.4 Å². The van der Waals surface area contributed by atoms with E-state index in [1.54, 1.807) is 60.9 Å². The number of ether oxygens (including phenoxy) is 1. The molecule has 1 atom stereocenters. The Morgan fingerprint density at radius 2 is 1.95 bits per heavy atom. The minimum absolute atomic E-state index is 0.218. The monoisotopic (exact) mass is 535 g/mol. The van der Waals surface area contributed by atoms with Crippen LogP contribution in [0.2, 0.25) is 0 Å². The van der Waals surface area contributed by atoms with Crippen LogP contribution < -0.4 is 5.32 Å². The highest BCUT2D eigenvalue weighted by Gasteiger charge is 2.29. The van der Waals surface area contributed by atoms with E-state index < -0.39 is 16.1 Å². The number of benzene rings is 1.